The summed E-state index contributed by atoms with van der Waals surface area (Å²) in [6, 6.07) is 2.55. The minimum Gasteiger partial charge on any atom is -0.464 e. The Morgan fingerprint density at radius 3 is 1.96 bits per heavy atom. The quantitative estimate of drug-likeness (QED) is 0.0257. The van der Waals surface area contributed by atoms with Gasteiger partial charge in [0.2, 0.25) is 11.4 Å². The molecule has 1 aromatic carbocycles. The summed E-state index contributed by atoms with van der Waals surface area (Å²) in [5.41, 5.74) is 1.53. The van der Waals surface area contributed by atoms with Gasteiger partial charge in [0, 0.05) is 19.4 Å². The molecule has 0 saturated heterocycles. The Balaban J connectivity index is 1.51. The fraction of sp³-hybridized carbons (Fsp3) is 0.744. The number of ether oxygens (including phenoxy) is 1. The highest BCUT2D eigenvalue weighted by Gasteiger charge is 2.21. The molecule has 11 nitrogen and oxygen atoms in total. The molecule has 50 heavy (non-hydrogen) atoms. The maximum atomic E-state index is 12.6. The maximum Gasteiger partial charge on any atom is 0.302 e. The van der Waals surface area contributed by atoms with Gasteiger partial charge in [0.1, 0.15) is 12.1 Å². The number of nitro benzene ring substituents is 1. The van der Waals surface area contributed by atoms with Crippen molar-refractivity contribution < 1.29 is 29.0 Å². The first kappa shape index (κ1) is 42.8. The number of fused-ring (bicyclic) bond motifs is 1. The number of hydrogen-bond donors (Lipinski definition) is 2. The molecule has 0 bridgehead atoms. The third-order valence-electron chi connectivity index (χ3n) is 9.31. The number of unbranched alkanes of at least 4 members (excludes halogenated alkanes) is 20. The van der Waals surface area contributed by atoms with E-state index in [9.17, 15) is 24.8 Å². The first-order valence-electron chi connectivity index (χ1n) is 19.5. The monoisotopic (exact) mass is 700 g/mol. The SMILES string of the molecule is CCCCCCCCCCCCCCCC(=O)N[C@@H](COC(C)=O)[C@H](O)/C=C/CCCCCCCCCCc1ccc([N+](=O)[O-])c2nonc12. The largest absolute Gasteiger partial charge is 0.464 e. The number of hydrogen-bond acceptors (Lipinski definition) is 9. The Labute approximate surface area is 299 Å². The lowest BCUT2D eigenvalue weighted by molar-refractivity contribution is -0.383. The van der Waals surface area contributed by atoms with Crippen molar-refractivity contribution in [3.8, 4) is 0 Å². The van der Waals surface area contributed by atoms with Gasteiger partial charge in [-0.2, -0.15) is 0 Å². The van der Waals surface area contributed by atoms with E-state index in [0.29, 0.717) is 11.9 Å². The van der Waals surface area contributed by atoms with Crippen LogP contribution >= 0.6 is 0 Å². The second kappa shape index (κ2) is 27.4. The van der Waals surface area contributed by atoms with Crippen LogP contribution in [0.4, 0.5) is 5.69 Å². The fourth-order valence-electron chi connectivity index (χ4n) is 6.28. The molecule has 2 aromatic rings. The van der Waals surface area contributed by atoms with Gasteiger partial charge in [-0.05, 0) is 54.0 Å². The Bertz CT molecular complexity index is 1250. The van der Waals surface area contributed by atoms with Gasteiger partial charge in [0.15, 0.2) is 0 Å². The van der Waals surface area contributed by atoms with Gasteiger partial charge < -0.3 is 15.2 Å². The Morgan fingerprint density at radius 1 is 0.840 bits per heavy atom. The number of aliphatic hydroxyl groups excluding tert-OH is 1. The van der Waals surface area contributed by atoms with Crippen molar-refractivity contribution in [3.05, 3.63) is 40.0 Å². The van der Waals surface area contributed by atoms with E-state index >= 15 is 0 Å². The highest BCUT2D eigenvalue weighted by molar-refractivity contribution is 5.85. The summed E-state index contributed by atoms with van der Waals surface area (Å²) in [4.78, 5) is 34.6. The number of nitrogens with one attached hydrogen (secondary N) is 1. The number of non-ortho nitro benzene ring substituents is 1. The highest BCUT2D eigenvalue weighted by atomic mass is 16.6. The number of benzene rings is 1. The zero-order chi connectivity index (χ0) is 36.2. The summed E-state index contributed by atoms with van der Waals surface area (Å²) in [7, 11) is 0. The molecule has 0 aliphatic heterocycles. The van der Waals surface area contributed by atoms with Crippen LogP contribution in [0.5, 0.6) is 0 Å². The molecule has 11 heteroatoms. The highest BCUT2D eigenvalue weighted by Crippen LogP contribution is 2.26. The van der Waals surface area contributed by atoms with Crippen LogP contribution in [0.1, 0.15) is 167 Å². The molecule has 0 saturated carbocycles. The number of amides is 1. The van der Waals surface area contributed by atoms with Crippen LogP contribution in [-0.4, -0.2) is 51.0 Å². The van der Waals surface area contributed by atoms with Crippen molar-refractivity contribution in [2.75, 3.05) is 6.61 Å². The summed E-state index contributed by atoms with van der Waals surface area (Å²) in [5.74, 6) is -0.555. The minimum absolute atomic E-state index is 0.0547. The van der Waals surface area contributed by atoms with Crippen LogP contribution in [0, 0.1) is 10.1 Å². The van der Waals surface area contributed by atoms with Crippen LogP contribution in [-0.2, 0) is 20.7 Å². The summed E-state index contributed by atoms with van der Waals surface area (Å²) in [6.07, 6.45) is 29.8. The van der Waals surface area contributed by atoms with Crippen molar-refractivity contribution >= 4 is 28.6 Å². The topological polar surface area (TPSA) is 158 Å². The Morgan fingerprint density at radius 2 is 1.38 bits per heavy atom. The molecule has 0 aliphatic carbocycles. The van der Waals surface area contributed by atoms with Crippen LogP contribution in [0.3, 0.4) is 0 Å². The fourth-order valence-corrected chi connectivity index (χ4v) is 6.28. The van der Waals surface area contributed by atoms with E-state index in [1.165, 1.54) is 77.2 Å². The van der Waals surface area contributed by atoms with Gasteiger partial charge in [-0.15, -0.1) is 0 Å². The van der Waals surface area contributed by atoms with Crippen molar-refractivity contribution in [3.63, 3.8) is 0 Å². The number of rotatable bonds is 31. The maximum absolute atomic E-state index is 12.6. The molecular formula is C39H64N4O7. The van der Waals surface area contributed by atoms with Crippen molar-refractivity contribution in [2.24, 2.45) is 0 Å². The van der Waals surface area contributed by atoms with Crippen molar-refractivity contribution in [2.45, 2.75) is 180 Å². The average Bonchev–Trinajstić information content (AvgIpc) is 3.59. The van der Waals surface area contributed by atoms with E-state index in [2.05, 4.69) is 22.6 Å². The van der Waals surface area contributed by atoms with Gasteiger partial charge in [-0.1, -0.05) is 135 Å². The number of carbonyl (C=O) groups excluding carboxylic acids is 2. The minimum atomic E-state index is -0.924. The lowest BCUT2D eigenvalue weighted by Gasteiger charge is -2.21. The molecule has 2 atom stereocenters. The van der Waals surface area contributed by atoms with Crippen molar-refractivity contribution in [1.82, 2.24) is 15.6 Å². The number of carbonyl (C=O) groups is 2. The molecule has 0 unspecified atom stereocenters. The number of aromatic nitrogens is 2. The molecule has 2 rings (SSSR count). The van der Waals surface area contributed by atoms with Crippen molar-refractivity contribution in [1.29, 1.82) is 0 Å². The van der Waals surface area contributed by atoms with E-state index in [4.69, 9.17) is 9.37 Å². The number of nitrogens with zero attached hydrogens (tertiary/aromatic N) is 3. The molecule has 0 aliphatic rings. The lowest BCUT2D eigenvalue weighted by Crippen LogP contribution is -2.46. The number of nitro groups is 1. The van der Waals surface area contributed by atoms with Gasteiger partial charge >= 0.3 is 11.7 Å². The lowest BCUT2D eigenvalue weighted by atomic mass is 10.0. The summed E-state index contributed by atoms with van der Waals surface area (Å²) >= 11 is 0. The smallest absolute Gasteiger partial charge is 0.302 e. The van der Waals surface area contributed by atoms with E-state index in [1.54, 1.807) is 12.1 Å². The molecule has 0 fully saturated rings. The van der Waals surface area contributed by atoms with Crippen LogP contribution in [0.15, 0.2) is 28.9 Å². The second-order valence-corrected chi connectivity index (χ2v) is 13.7. The van der Waals surface area contributed by atoms with Crippen LogP contribution in [0.2, 0.25) is 0 Å². The summed E-state index contributed by atoms with van der Waals surface area (Å²) in [6.45, 7) is 3.52. The number of aryl methyl sites for hydroxylation is 1. The van der Waals surface area contributed by atoms with Gasteiger partial charge in [-0.3, -0.25) is 19.7 Å². The zero-order valence-electron chi connectivity index (χ0n) is 30.9. The molecule has 1 amide bonds. The Hall–Kier alpha value is -3.34. The molecule has 0 spiro atoms. The average molecular weight is 701 g/mol. The predicted octanol–water partition coefficient (Wildman–Crippen LogP) is 9.63. The third kappa shape index (κ3) is 19.2. The predicted molar refractivity (Wildman–Crippen MR) is 198 cm³/mol. The summed E-state index contributed by atoms with van der Waals surface area (Å²) < 4.78 is 9.87. The second-order valence-electron chi connectivity index (χ2n) is 13.7. The molecule has 2 N–H and O–H groups in total. The van der Waals surface area contributed by atoms with Crippen LogP contribution in [0.25, 0.3) is 11.0 Å². The molecule has 0 radical (unpaired) electrons. The van der Waals surface area contributed by atoms with E-state index in [-0.39, 0.29) is 23.7 Å². The molecular weight excluding hydrogens is 636 g/mol. The molecule has 282 valence electrons. The zero-order valence-corrected chi connectivity index (χ0v) is 30.9. The van der Waals surface area contributed by atoms with E-state index < -0.39 is 23.0 Å². The van der Waals surface area contributed by atoms with Gasteiger partial charge in [0.05, 0.1) is 17.1 Å². The number of allylic oxidation sites excluding steroid dienone is 1. The first-order valence-corrected chi connectivity index (χ1v) is 19.5. The molecule has 1 heterocycles. The van der Waals surface area contributed by atoms with E-state index in [0.717, 1.165) is 89.0 Å². The third-order valence-corrected chi connectivity index (χ3v) is 9.31. The number of esters is 1. The van der Waals surface area contributed by atoms with E-state index in [1.807, 2.05) is 6.08 Å². The molecule has 1 aromatic heterocycles. The number of aliphatic hydroxyl groups is 1. The Kier molecular flexibility index (Phi) is 23.5. The normalized spacial score (nSPS) is 12.8. The summed E-state index contributed by atoms with van der Waals surface area (Å²) in [5, 5.41) is 32.3. The standard InChI is InChI=1S/C39H64N4O7/c1-3-4-5-6-7-8-9-10-11-16-19-22-25-28-37(46)40-34(31-49-32(2)44)36(45)27-24-21-18-15-13-12-14-17-20-23-26-33-29-30-35(43(47)48)39-38(33)41-50-42-39/h24,27,29-30,34,36,45H,3-23,25-26,28,31H2,1-2H3,(H,40,46)/b27-24+/t34-,36+/m0/s1. The first-order chi connectivity index (χ1) is 24.3. The van der Waals surface area contributed by atoms with Crippen LogP contribution < -0.4 is 5.32 Å². The van der Waals surface area contributed by atoms with Gasteiger partial charge in [-0.25, -0.2) is 4.63 Å². The van der Waals surface area contributed by atoms with Gasteiger partial charge in [0.25, 0.3) is 0 Å².